The number of aliphatic hydroxyl groups is 1. The fourth-order valence-electron chi connectivity index (χ4n) is 2.27. The van der Waals surface area contributed by atoms with Crippen LogP contribution in [0.25, 0.3) is 0 Å². The van der Waals surface area contributed by atoms with Crippen LogP contribution in [0.1, 0.15) is 30.9 Å². The average molecular weight is 237 g/mol. The van der Waals surface area contributed by atoms with Gasteiger partial charge in [0.15, 0.2) is 0 Å². The Bertz CT molecular complexity index is 393. The van der Waals surface area contributed by atoms with Gasteiger partial charge in [0.2, 0.25) is 0 Å². The lowest BCUT2D eigenvalue weighted by Crippen LogP contribution is -2.42. The lowest BCUT2D eigenvalue weighted by atomic mass is 9.93. The molecule has 0 unspecified atom stereocenters. The Hall–Kier alpha value is -0.930. The third-order valence-electron chi connectivity index (χ3n) is 3.63. The van der Waals surface area contributed by atoms with Crippen molar-refractivity contribution in [2.45, 2.75) is 38.8 Å². The Morgan fingerprint density at radius 1 is 1.35 bits per heavy atom. The van der Waals surface area contributed by atoms with E-state index in [-0.39, 0.29) is 5.82 Å². The highest BCUT2D eigenvalue weighted by Crippen LogP contribution is 2.23. The molecule has 1 aliphatic rings. The van der Waals surface area contributed by atoms with Gasteiger partial charge in [-0.1, -0.05) is 6.07 Å². The van der Waals surface area contributed by atoms with Crippen LogP contribution < -0.4 is 0 Å². The molecule has 0 aromatic heterocycles. The number of aryl methyl sites for hydroxylation is 1. The Morgan fingerprint density at radius 2 is 2.00 bits per heavy atom. The summed E-state index contributed by atoms with van der Waals surface area (Å²) in [5.74, 6) is -0.173. The molecule has 0 bridgehead atoms. The van der Waals surface area contributed by atoms with Gasteiger partial charge in [-0.25, -0.2) is 4.39 Å². The number of hydrogen-bond acceptors (Lipinski definition) is 2. The summed E-state index contributed by atoms with van der Waals surface area (Å²) in [6.07, 6.45) is 1.63. The molecule has 3 heteroatoms. The summed E-state index contributed by atoms with van der Waals surface area (Å²) in [5.41, 5.74) is 1.67. The summed E-state index contributed by atoms with van der Waals surface area (Å²) in [4.78, 5) is 2.32. The van der Waals surface area contributed by atoms with E-state index >= 15 is 0 Å². The van der Waals surface area contributed by atoms with Crippen molar-refractivity contribution in [1.29, 1.82) is 0 Å². The molecular formula is C14H20FNO. The van der Waals surface area contributed by atoms with E-state index in [9.17, 15) is 9.50 Å². The number of likely N-dealkylation sites (tertiary alicyclic amines) is 1. The van der Waals surface area contributed by atoms with Crippen LogP contribution in [-0.2, 0) is 6.54 Å². The van der Waals surface area contributed by atoms with Crippen molar-refractivity contribution in [3.8, 4) is 0 Å². The molecule has 0 aliphatic carbocycles. The summed E-state index contributed by atoms with van der Waals surface area (Å²) >= 11 is 0. The second-order valence-electron chi connectivity index (χ2n) is 5.34. The topological polar surface area (TPSA) is 23.5 Å². The fraction of sp³-hybridized carbons (Fsp3) is 0.571. The van der Waals surface area contributed by atoms with Crippen LogP contribution in [0, 0.1) is 12.7 Å². The molecule has 1 heterocycles. The number of rotatable bonds is 2. The molecule has 2 nitrogen and oxygen atoms in total. The lowest BCUT2D eigenvalue weighted by molar-refractivity contribution is -0.00733. The second-order valence-corrected chi connectivity index (χ2v) is 5.34. The minimum atomic E-state index is -0.506. The predicted octanol–water partition coefficient (Wildman–Crippen LogP) is 2.48. The van der Waals surface area contributed by atoms with Crippen LogP contribution in [0.15, 0.2) is 18.2 Å². The fourth-order valence-corrected chi connectivity index (χ4v) is 2.27. The van der Waals surface area contributed by atoms with Crippen LogP contribution in [0.5, 0.6) is 0 Å². The summed E-state index contributed by atoms with van der Waals surface area (Å²) in [6, 6.07) is 4.95. The molecule has 0 amide bonds. The van der Waals surface area contributed by atoms with Gasteiger partial charge in [-0.15, -0.1) is 0 Å². The number of benzene rings is 1. The molecule has 1 saturated heterocycles. The standard InChI is InChI=1S/C14H20FNO/c1-11-9-13(15)4-3-12(11)10-16-7-5-14(2,17)6-8-16/h3-4,9,17H,5-8,10H2,1-2H3. The van der Waals surface area contributed by atoms with E-state index in [1.165, 1.54) is 11.6 Å². The zero-order valence-electron chi connectivity index (χ0n) is 10.5. The van der Waals surface area contributed by atoms with Gasteiger partial charge in [-0.3, -0.25) is 4.90 Å². The van der Waals surface area contributed by atoms with Gasteiger partial charge in [-0.2, -0.15) is 0 Å². The van der Waals surface area contributed by atoms with E-state index in [0.29, 0.717) is 0 Å². The monoisotopic (exact) mass is 237 g/mol. The minimum absolute atomic E-state index is 0.173. The normalized spacial score (nSPS) is 20.5. The summed E-state index contributed by atoms with van der Waals surface area (Å²) in [6.45, 7) is 6.50. The molecule has 1 N–H and O–H groups in total. The third-order valence-corrected chi connectivity index (χ3v) is 3.63. The number of nitrogens with zero attached hydrogens (tertiary/aromatic N) is 1. The number of hydrogen-bond donors (Lipinski definition) is 1. The Labute approximate surface area is 102 Å². The van der Waals surface area contributed by atoms with Crippen LogP contribution >= 0.6 is 0 Å². The number of halogens is 1. The van der Waals surface area contributed by atoms with Gasteiger partial charge in [0, 0.05) is 19.6 Å². The largest absolute Gasteiger partial charge is 0.390 e. The maximum atomic E-state index is 13.0. The Morgan fingerprint density at radius 3 is 2.59 bits per heavy atom. The van der Waals surface area contributed by atoms with Crippen molar-refractivity contribution in [1.82, 2.24) is 4.90 Å². The minimum Gasteiger partial charge on any atom is -0.390 e. The SMILES string of the molecule is Cc1cc(F)ccc1CN1CCC(C)(O)CC1. The van der Waals surface area contributed by atoms with Crippen molar-refractivity contribution in [2.75, 3.05) is 13.1 Å². The maximum absolute atomic E-state index is 13.0. The van der Waals surface area contributed by atoms with Gasteiger partial charge >= 0.3 is 0 Å². The second kappa shape index (κ2) is 4.75. The first kappa shape index (κ1) is 12.5. The van der Waals surface area contributed by atoms with E-state index in [1.807, 2.05) is 19.9 Å². The molecule has 1 aromatic carbocycles. The van der Waals surface area contributed by atoms with Crippen LogP contribution in [0.4, 0.5) is 4.39 Å². The molecule has 0 atom stereocenters. The molecule has 0 saturated carbocycles. The van der Waals surface area contributed by atoms with Crippen molar-refractivity contribution in [3.63, 3.8) is 0 Å². The van der Waals surface area contributed by atoms with E-state index in [4.69, 9.17) is 0 Å². The molecule has 1 fully saturated rings. The third kappa shape index (κ3) is 3.27. The highest BCUT2D eigenvalue weighted by molar-refractivity contribution is 5.26. The number of piperidine rings is 1. The lowest BCUT2D eigenvalue weighted by Gasteiger charge is -2.36. The molecule has 0 spiro atoms. The zero-order chi connectivity index (χ0) is 12.5. The molecule has 94 valence electrons. The van der Waals surface area contributed by atoms with E-state index in [0.717, 1.165) is 38.0 Å². The van der Waals surface area contributed by atoms with Crippen molar-refractivity contribution in [3.05, 3.63) is 35.1 Å². The van der Waals surface area contributed by atoms with E-state index in [2.05, 4.69) is 4.90 Å². The smallest absolute Gasteiger partial charge is 0.123 e. The zero-order valence-corrected chi connectivity index (χ0v) is 10.5. The quantitative estimate of drug-likeness (QED) is 0.854. The first-order valence-corrected chi connectivity index (χ1v) is 6.16. The molecule has 1 aliphatic heterocycles. The van der Waals surface area contributed by atoms with Crippen molar-refractivity contribution in [2.24, 2.45) is 0 Å². The van der Waals surface area contributed by atoms with E-state index in [1.54, 1.807) is 6.07 Å². The predicted molar refractivity (Wildman–Crippen MR) is 66.3 cm³/mol. The van der Waals surface area contributed by atoms with Crippen molar-refractivity contribution >= 4 is 0 Å². The Kier molecular flexibility index (Phi) is 3.50. The van der Waals surface area contributed by atoms with Gasteiger partial charge in [0.05, 0.1) is 5.60 Å². The average Bonchev–Trinajstić information content (AvgIpc) is 2.25. The van der Waals surface area contributed by atoms with Gasteiger partial charge in [0.25, 0.3) is 0 Å². The van der Waals surface area contributed by atoms with Crippen molar-refractivity contribution < 1.29 is 9.50 Å². The van der Waals surface area contributed by atoms with Crippen LogP contribution in [0.3, 0.4) is 0 Å². The summed E-state index contributed by atoms with van der Waals surface area (Å²) in [7, 11) is 0. The highest BCUT2D eigenvalue weighted by Gasteiger charge is 2.27. The molecule has 0 radical (unpaired) electrons. The maximum Gasteiger partial charge on any atom is 0.123 e. The van der Waals surface area contributed by atoms with Crippen LogP contribution in [0.2, 0.25) is 0 Å². The Balaban J connectivity index is 1.98. The van der Waals surface area contributed by atoms with Crippen LogP contribution in [-0.4, -0.2) is 28.7 Å². The van der Waals surface area contributed by atoms with Gasteiger partial charge in [-0.05, 0) is 49.9 Å². The highest BCUT2D eigenvalue weighted by atomic mass is 19.1. The van der Waals surface area contributed by atoms with Gasteiger partial charge in [0.1, 0.15) is 5.82 Å². The summed E-state index contributed by atoms with van der Waals surface area (Å²) < 4.78 is 13.0. The molecule has 1 aromatic rings. The molecule has 17 heavy (non-hydrogen) atoms. The molecular weight excluding hydrogens is 217 g/mol. The van der Waals surface area contributed by atoms with Gasteiger partial charge < -0.3 is 5.11 Å². The first-order valence-electron chi connectivity index (χ1n) is 6.16. The molecule has 2 rings (SSSR count). The summed E-state index contributed by atoms with van der Waals surface area (Å²) in [5, 5.41) is 9.87. The van der Waals surface area contributed by atoms with E-state index < -0.39 is 5.60 Å². The first-order chi connectivity index (χ1) is 7.96.